The summed E-state index contributed by atoms with van der Waals surface area (Å²) in [6.45, 7) is 0. The second kappa shape index (κ2) is 6.84. The number of aromatic nitrogens is 4. The SMILES string of the molecule is Cn1cc(-n2c(C(N)=O)cc3c(CCc4ccccc4)cn(C)c(=O)c32)cn1. The molecule has 0 aliphatic carbocycles. The number of aryl methyl sites for hydroxylation is 4. The van der Waals surface area contributed by atoms with Gasteiger partial charge in [0.2, 0.25) is 0 Å². The Morgan fingerprint density at radius 3 is 2.50 bits per heavy atom. The summed E-state index contributed by atoms with van der Waals surface area (Å²) in [5.41, 5.74) is 8.99. The molecule has 3 heterocycles. The molecule has 4 aromatic rings. The molecule has 0 unspecified atom stereocenters. The predicted octanol–water partition coefficient (Wildman–Crippen LogP) is 1.95. The highest BCUT2D eigenvalue weighted by atomic mass is 16.1. The molecule has 0 saturated carbocycles. The number of nitrogens with zero attached hydrogens (tertiary/aromatic N) is 4. The zero-order valence-electron chi connectivity index (χ0n) is 15.8. The van der Waals surface area contributed by atoms with E-state index in [9.17, 15) is 9.59 Å². The van der Waals surface area contributed by atoms with Gasteiger partial charge in [0.25, 0.3) is 11.5 Å². The minimum absolute atomic E-state index is 0.185. The molecule has 1 aromatic carbocycles. The number of hydrogen-bond donors (Lipinski definition) is 1. The van der Waals surface area contributed by atoms with E-state index in [1.807, 2.05) is 24.4 Å². The molecule has 0 radical (unpaired) electrons. The molecule has 0 atom stereocenters. The van der Waals surface area contributed by atoms with Crippen molar-refractivity contribution in [1.29, 1.82) is 0 Å². The van der Waals surface area contributed by atoms with E-state index < -0.39 is 5.91 Å². The summed E-state index contributed by atoms with van der Waals surface area (Å²) in [5, 5.41) is 4.91. The lowest BCUT2D eigenvalue weighted by Crippen LogP contribution is -2.22. The monoisotopic (exact) mass is 375 g/mol. The first-order chi connectivity index (χ1) is 13.5. The molecule has 1 amide bonds. The molecule has 142 valence electrons. The molecule has 7 heteroatoms. The maximum absolute atomic E-state index is 13.0. The minimum atomic E-state index is -0.587. The second-order valence-corrected chi connectivity index (χ2v) is 6.92. The van der Waals surface area contributed by atoms with Crippen LogP contribution in [0.15, 0.2) is 59.8 Å². The van der Waals surface area contributed by atoms with Gasteiger partial charge < -0.3 is 10.3 Å². The third-order valence-electron chi connectivity index (χ3n) is 4.95. The van der Waals surface area contributed by atoms with Gasteiger partial charge in [0.1, 0.15) is 11.2 Å². The number of amides is 1. The van der Waals surface area contributed by atoms with Crippen LogP contribution >= 0.6 is 0 Å². The molecule has 0 fully saturated rings. The lowest BCUT2D eigenvalue weighted by molar-refractivity contribution is 0.0994. The Morgan fingerprint density at radius 1 is 1.11 bits per heavy atom. The van der Waals surface area contributed by atoms with E-state index in [0.29, 0.717) is 11.2 Å². The molecule has 0 aliphatic heterocycles. The number of pyridine rings is 1. The van der Waals surface area contributed by atoms with E-state index in [1.165, 1.54) is 5.56 Å². The van der Waals surface area contributed by atoms with Crippen LogP contribution in [0.1, 0.15) is 21.6 Å². The van der Waals surface area contributed by atoms with Gasteiger partial charge in [0.05, 0.1) is 11.9 Å². The van der Waals surface area contributed by atoms with Gasteiger partial charge in [-0.05, 0) is 30.0 Å². The van der Waals surface area contributed by atoms with E-state index >= 15 is 0 Å². The van der Waals surface area contributed by atoms with E-state index in [-0.39, 0.29) is 11.3 Å². The van der Waals surface area contributed by atoms with Crippen molar-refractivity contribution in [3.63, 3.8) is 0 Å². The fourth-order valence-electron chi connectivity index (χ4n) is 3.59. The van der Waals surface area contributed by atoms with Gasteiger partial charge in [-0.25, -0.2) is 0 Å². The molecule has 0 saturated heterocycles. The van der Waals surface area contributed by atoms with Crippen molar-refractivity contribution < 1.29 is 4.79 Å². The molecule has 2 N–H and O–H groups in total. The molecule has 4 rings (SSSR count). The Labute approximate surface area is 161 Å². The van der Waals surface area contributed by atoms with Crippen LogP contribution < -0.4 is 11.3 Å². The zero-order chi connectivity index (χ0) is 19.8. The van der Waals surface area contributed by atoms with Crippen LogP contribution in [-0.4, -0.2) is 24.8 Å². The Bertz CT molecular complexity index is 1230. The fraction of sp³-hybridized carbons (Fsp3) is 0.190. The molecule has 0 bridgehead atoms. The number of rotatable bonds is 5. The average molecular weight is 375 g/mol. The average Bonchev–Trinajstić information content (AvgIpc) is 3.28. The standard InChI is InChI=1S/C21H21N5O2/c1-24-12-15(9-8-14-6-4-3-5-7-14)17-10-18(20(22)27)26(19(17)21(24)28)16-11-23-25(2)13-16/h3-7,10-13H,8-9H2,1-2H3,(H2,22,27). The first-order valence-electron chi connectivity index (χ1n) is 9.02. The lowest BCUT2D eigenvalue weighted by Gasteiger charge is -2.09. The smallest absolute Gasteiger partial charge is 0.275 e. The molecule has 3 aromatic heterocycles. The van der Waals surface area contributed by atoms with E-state index in [1.54, 1.807) is 46.4 Å². The maximum atomic E-state index is 13.0. The van der Waals surface area contributed by atoms with Gasteiger partial charge in [-0.15, -0.1) is 0 Å². The van der Waals surface area contributed by atoms with E-state index in [0.717, 1.165) is 23.8 Å². The van der Waals surface area contributed by atoms with Gasteiger partial charge in [-0.1, -0.05) is 30.3 Å². The zero-order valence-corrected chi connectivity index (χ0v) is 15.8. The van der Waals surface area contributed by atoms with Gasteiger partial charge in [0.15, 0.2) is 0 Å². The summed E-state index contributed by atoms with van der Waals surface area (Å²) in [6, 6.07) is 11.9. The van der Waals surface area contributed by atoms with Gasteiger partial charge >= 0.3 is 0 Å². The molecule has 0 spiro atoms. The van der Waals surface area contributed by atoms with Crippen molar-refractivity contribution in [3.05, 3.63) is 82.2 Å². The van der Waals surface area contributed by atoms with Crippen LogP contribution in [0.4, 0.5) is 0 Å². The summed E-state index contributed by atoms with van der Waals surface area (Å²) in [4.78, 5) is 25.1. The van der Waals surface area contributed by atoms with Crippen LogP contribution in [0, 0.1) is 0 Å². The second-order valence-electron chi connectivity index (χ2n) is 6.92. The number of nitrogens with two attached hydrogens (primary N) is 1. The summed E-state index contributed by atoms with van der Waals surface area (Å²) in [7, 11) is 3.50. The van der Waals surface area contributed by atoms with Crippen molar-refractivity contribution in [3.8, 4) is 5.69 Å². The molecule has 28 heavy (non-hydrogen) atoms. The van der Waals surface area contributed by atoms with Gasteiger partial charge in [0, 0.05) is 31.9 Å². The largest absolute Gasteiger partial charge is 0.364 e. The van der Waals surface area contributed by atoms with E-state index in [2.05, 4.69) is 17.2 Å². The van der Waals surface area contributed by atoms with Gasteiger partial charge in [-0.3, -0.25) is 18.8 Å². The van der Waals surface area contributed by atoms with Crippen molar-refractivity contribution >= 4 is 16.8 Å². The molecule has 7 nitrogen and oxygen atoms in total. The Balaban J connectivity index is 1.92. The maximum Gasteiger partial charge on any atom is 0.275 e. The predicted molar refractivity (Wildman–Crippen MR) is 108 cm³/mol. The Morgan fingerprint density at radius 2 is 1.86 bits per heavy atom. The first-order valence-corrected chi connectivity index (χ1v) is 9.02. The Hall–Kier alpha value is -3.61. The number of benzene rings is 1. The van der Waals surface area contributed by atoms with Crippen molar-refractivity contribution in [2.75, 3.05) is 0 Å². The number of carbonyl (C=O) groups is 1. The van der Waals surface area contributed by atoms with Crippen LogP contribution in [0.2, 0.25) is 0 Å². The number of primary amides is 1. The van der Waals surface area contributed by atoms with Crippen LogP contribution in [-0.2, 0) is 26.9 Å². The Kier molecular flexibility index (Phi) is 4.35. The molecular formula is C21H21N5O2. The number of carbonyl (C=O) groups excluding carboxylic acids is 1. The van der Waals surface area contributed by atoms with Crippen molar-refractivity contribution in [1.82, 2.24) is 18.9 Å². The van der Waals surface area contributed by atoms with Crippen molar-refractivity contribution in [2.24, 2.45) is 19.8 Å². The van der Waals surface area contributed by atoms with Gasteiger partial charge in [-0.2, -0.15) is 5.10 Å². The van der Waals surface area contributed by atoms with Crippen LogP contribution in [0.5, 0.6) is 0 Å². The summed E-state index contributed by atoms with van der Waals surface area (Å²) in [6.07, 6.45) is 6.78. The number of fused-ring (bicyclic) bond motifs is 1. The third kappa shape index (κ3) is 3.00. The van der Waals surface area contributed by atoms with Crippen LogP contribution in [0.25, 0.3) is 16.6 Å². The fourth-order valence-corrected chi connectivity index (χ4v) is 3.59. The lowest BCUT2D eigenvalue weighted by atomic mass is 10.0. The quantitative estimate of drug-likeness (QED) is 0.578. The highest BCUT2D eigenvalue weighted by Crippen LogP contribution is 2.25. The highest BCUT2D eigenvalue weighted by Gasteiger charge is 2.21. The highest BCUT2D eigenvalue weighted by molar-refractivity contribution is 5.99. The van der Waals surface area contributed by atoms with Crippen molar-refractivity contribution in [2.45, 2.75) is 12.8 Å². The first kappa shape index (κ1) is 17.8. The molecular weight excluding hydrogens is 354 g/mol. The minimum Gasteiger partial charge on any atom is -0.364 e. The summed E-state index contributed by atoms with van der Waals surface area (Å²) < 4.78 is 4.79. The summed E-state index contributed by atoms with van der Waals surface area (Å²) >= 11 is 0. The molecule has 0 aliphatic rings. The normalized spacial score (nSPS) is 11.2. The number of hydrogen-bond acceptors (Lipinski definition) is 3. The summed E-state index contributed by atoms with van der Waals surface area (Å²) in [5.74, 6) is -0.587. The van der Waals surface area contributed by atoms with Crippen LogP contribution in [0.3, 0.4) is 0 Å². The van der Waals surface area contributed by atoms with E-state index in [4.69, 9.17) is 5.73 Å². The topological polar surface area (TPSA) is 87.8 Å². The third-order valence-corrected chi connectivity index (χ3v) is 4.95.